The Balaban J connectivity index is 1.59. The number of aryl methyl sites for hydroxylation is 1. The summed E-state index contributed by atoms with van der Waals surface area (Å²) in [6.45, 7) is 3.27. The molecule has 0 radical (unpaired) electrons. The molecule has 2 heterocycles. The summed E-state index contributed by atoms with van der Waals surface area (Å²) in [6.07, 6.45) is -4.81. The second-order valence-electron chi connectivity index (χ2n) is 6.95. The molecular formula is C21H20F3N5O4. The first-order valence-electron chi connectivity index (χ1n) is 9.98. The minimum Gasteiger partial charge on any atom is -0.423 e. The zero-order chi connectivity index (χ0) is 23.6. The molecule has 2 aromatic heterocycles. The van der Waals surface area contributed by atoms with Crippen molar-refractivity contribution in [2.45, 2.75) is 19.8 Å². The average Bonchev–Trinajstić information content (AvgIpc) is 3.31. The maximum atomic E-state index is 12.5. The first-order chi connectivity index (χ1) is 15.8. The van der Waals surface area contributed by atoms with E-state index in [0.29, 0.717) is 42.2 Å². The summed E-state index contributed by atoms with van der Waals surface area (Å²) in [5, 5.41) is 5.71. The molecule has 12 heteroatoms. The van der Waals surface area contributed by atoms with Gasteiger partial charge in [-0.3, -0.25) is 10.1 Å². The van der Waals surface area contributed by atoms with Crippen LogP contribution in [-0.4, -0.2) is 47.1 Å². The Hall–Kier alpha value is -3.80. The number of fused-ring (bicyclic) bond motifs is 2. The number of anilines is 2. The van der Waals surface area contributed by atoms with Crippen molar-refractivity contribution in [3.63, 3.8) is 0 Å². The number of aromatic nitrogens is 3. The number of oxazole rings is 1. The molecule has 174 valence electrons. The monoisotopic (exact) mass is 463 g/mol. The SMILES string of the molecule is CCn1c(Nc2nc3ccc(OC(F)(F)F)cc3o2)nc2cc(C(=O)NCCOC)ccc21. The van der Waals surface area contributed by atoms with Crippen LogP contribution in [0.1, 0.15) is 17.3 Å². The number of carbonyl (C=O) groups excluding carboxylic acids is 1. The van der Waals surface area contributed by atoms with Crippen LogP contribution in [0.25, 0.3) is 22.1 Å². The topological polar surface area (TPSA) is 103 Å². The minimum atomic E-state index is -4.81. The molecule has 9 nitrogen and oxygen atoms in total. The van der Waals surface area contributed by atoms with E-state index in [4.69, 9.17) is 9.15 Å². The molecule has 0 saturated carbocycles. The van der Waals surface area contributed by atoms with Gasteiger partial charge < -0.3 is 23.8 Å². The lowest BCUT2D eigenvalue weighted by Crippen LogP contribution is -2.26. The van der Waals surface area contributed by atoms with E-state index in [1.807, 2.05) is 11.5 Å². The van der Waals surface area contributed by atoms with E-state index in [9.17, 15) is 18.0 Å². The molecular weight excluding hydrogens is 443 g/mol. The largest absolute Gasteiger partial charge is 0.573 e. The molecule has 2 N–H and O–H groups in total. The van der Waals surface area contributed by atoms with Crippen LogP contribution >= 0.6 is 0 Å². The number of hydrogen-bond donors (Lipinski definition) is 2. The Labute approximate surface area is 185 Å². The second-order valence-corrected chi connectivity index (χ2v) is 6.95. The quantitative estimate of drug-likeness (QED) is 0.377. The highest BCUT2D eigenvalue weighted by Crippen LogP contribution is 2.30. The molecule has 2 aromatic carbocycles. The number of rotatable bonds is 8. The van der Waals surface area contributed by atoms with Crippen molar-refractivity contribution < 1.29 is 31.9 Å². The molecule has 1 amide bonds. The fourth-order valence-corrected chi connectivity index (χ4v) is 3.31. The molecule has 0 fully saturated rings. The van der Waals surface area contributed by atoms with E-state index >= 15 is 0 Å². The lowest BCUT2D eigenvalue weighted by atomic mass is 10.2. The van der Waals surface area contributed by atoms with Gasteiger partial charge in [-0.15, -0.1) is 13.2 Å². The van der Waals surface area contributed by atoms with Gasteiger partial charge in [0.15, 0.2) is 5.58 Å². The number of nitrogens with one attached hydrogen (secondary N) is 2. The number of carbonyl (C=O) groups is 1. The number of ether oxygens (including phenoxy) is 2. The molecule has 4 rings (SSSR count). The first kappa shape index (κ1) is 22.4. The zero-order valence-corrected chi connectivity index (χ0v) is 17.7. The molecule has 0 aliphatic carbocycles. The van der Waals surface area contributed by atoms with E-state index < -0.39 is 12.1 Å². The average molecular weight is 463 g/mol. The van der Waals surface area contributed by atoms with Crippen LogP contribution in [0.5, 0.6) is 5.75 Å². The van der Waals surface area contributed by atoms with Gasteiger partial charge in [-0.05, 0) is 37.3 Å². The second kappa shape index (κ2) is 8.98. The molecule has 0 bridgehead atoms. The maximum absolute atomic E-state index is 12.5. The van der Waals surface area contributed by atoms with Gasteiger partial charge in [0.25, 0.3) is 5.91 Å². The van der Waals surface area contributed by atoms with Gasteiger partial charge in [-0.25, -0.2) is 4.98 Å². The number of alkyl halides is 3. The Bertz CT molecular complexity index is 1300. The Kier molecular flexibility index (Phi) is 6.09. The summed E-state index contributed by atoms with van der Waals surface area (Å²) in [5.74, 6) is -0.247. The number of nitrogens with zero attached hydrogens (tertiary/aromatic N) is 3. The van der Waals surface area contributed by atoms with Gasteiger partial charge in [0, 0.05) is 31.8 Å². The summed E-state index contributed by atoms with van der Waals surface area (Å²) < 4.78 is 53.6. The van der Waals surface area contributed by atoms with Crippen LogP contribution in [0.3, 0.4) is 0 Å². The van der Waals surface area contributed by atoms with Gasteiger partial charge in [0.2, 0.25) is 5.95 Å². The number of benzene rings is 2. The number of halogens is 3. The number of methoxy groups -OCH3 is 1. The summed E-state index contributed by atoms with van der Waals surface area (Å²) in [4.78, 5) is 21.1. The van der Waals surface area contributed by atoms with Crippen LogP contribution in [0.15, 0.2) is 40.8 Å². The van der Waals surface area contributed by atoms with Crippen molar-refractivity contribution in [2.75, 3.05) is 25.6 Å². The van der Waals surface area contributed by atoms with Crippen LogP contribution in [-0.2, 0) is 11.3 Å². The molecule has 4 aromatic rings. The van der Waals surface area contributed by atoms with Gasteiger partial charge in [0.1, 0.15) is 11.3 Å². The van der Waals surface area contributed by atoms with Crippen LogP contribution in [0.4, 0.5) is 25.1 Å². The molecule has 0 saturated heterocycles. The normalized spacial score (nSPS) is 11.8. The highest BCUT2D eigenvalue weighted by molar-refractivity contribution is 5.97. The predicted molar refractivity (Wildman–Crippen MR) is 114 cm³/mol. The highest BCUT2D eigenvalue weighted by atomic mass is 19.4. The highest BCUT2D eigenvalue weighted by Gasteiger charge is 2.31. The Morgan fingerprint density at radius 3 is 2.70 bits per heavy atom. The van der Waals surface area contributed by atoms with Crippen molar-refractivity contribution in [1.29, 1.82) is 0 Å². The lowest BCUT2D eigenvalue weighted by Gasteiger charge is -2.07. The third-order valence-corrected chi connectivity index (χ3v) is 4.73. The predicted octanol–water partition coefficient (Wildman–Crippen LogP) is 4.22. The fraction of sp³-hybridized carbons (Fsp3) is 0.286. The molecule has 0 spiro atoms. The number of amides is 1. The molecule has 0 unspecified atom stereocenters. The fourth-order valence-electron chi connectivity index (χ4n) is 3.31. The lowest BCUT2D eigenvalue weighted by molar-refractivity contribution is -0.274. The third kappa shape index (κ3) is 5.00. The summed E-state index contributed by atoms with van der Waals surface area (Å²) in [7, 11) is 1.55. The maximum Gasteiger partial charge on any atom is 0.573 e. The van der Waals surface area contributed by atoms with E-state index in [1.54, 1.807) is 25.3 Å². The Morgan fingerprint density at radius 2 is 1.97 bits per heavy atom. The van der Waals surface area contributed by atoms with Crippen molar-refractivity contribution in [3.05, 3.63) is 42.0 Å². The van der Waals surface area contributed by atoms with Crippen molar-refractivity contribution in [2.24, 2.45) is 0 Å². The Morgan fingerprint density at radius 1 is 1.15 bits per heavy atom. The number of hydrogen-bond acceptors (Lipinski definition) is 7. The van der Waals surface area contributed by atoms with Crippen LogP contribution in [0, 0.1) is 0 Å². The molecule has 33 heavy (non-hydrogen) atoms. The molecule has 0 aliphatic heterocycles. The molecule has 0 aliphatic rings. The smallest absolute Gasteiger partial charge is 0.423 e. The van der Waals surface area contributed by atoms with Gasteiger partial charge in [-0.1, -0.05) is 0 Å². The van der Waals surface area contributed by atoms with Crippen molar-refractivity contribution in [3.8, 4) is 5.75 Å². The summed E-state index contributed by atoms with van der Waals surface area (Å²) >= 11 is 0. The van der Waals surface area contributed by atoms with Crippen molar-refractivity contribution in [1.82, 2.24) is 19.9 Å². The number of imidazole rings is 1. The van der Waals surface area contributed by atoms with E-state index in [0.717, 1.165) is 17.6 Å². The zero-order valence-electron chi connectivity index (χ0n) is 17.7. The summed E-state index contributed by atoms with van der Waals surface area (Å²) in [6, 6.07) is 8.83. The minimum absolute atomic E-state index is 0.0525. The van der Waals surface area contributed by atoms with E-state index in [2.05, 4.69) is 25.3 Å². The van der Waals surface area contributed by atoms with E-state index in [-0.39, 0.29) is 17.5 Å². The standard InChI is InChI=1S/C21H20F3N5O4/c1-3-29-16-7-4-12(18(30)25-8-9-31-2)10-15(16)26-19(29)28-20-27-14-6-5-13(11-17(14)32-20)33-21(22,23)24/h4-7,10-11H,3,8-9H2,1-2H3,(H,25,30)(H,26,27,28). The van der Waals surface area contributed by atoms with Crippen molar-refractivity contribution >= 4 is 40.0 Å². The third-order valence-electron chi connectivity index (χ3n) is 4.73. The van der Waals surface area contributed by atoms with Gasteiger partial charge in [-0.2, -0.15) is 4.98 Å². The van der Waals surface area contributed by atoms with Gasteiger partial charge >= 0.3 is 12.4 Å². The van der Waals surface area contributed by atoms with Crippen LogP contribution in [0.2, 0.25) is 0 Å². The van der Waals surface area contributed by atoms with Crippen LogP contribution < -0.4 is 15.4 Å². The summed E-state index contributed by atoms with van der Waals surface area (Å²) in [5.41, 5.74) is 2.28. The first-order valence-corrected chi connectivity index (χ1v) is 9.98. The van der Waals surface area contributed by atoms with Gasteiger partial charge in [0.05, 0.1) is 17.6 Å². The molecule has 0 atom stereocenters. The van der Waals surface area contributed by atoms with E-state index in [1.165, 1.54) is 6.07 Å².